The molecule has 1 saturated heterocycles. The van der Waals surface area contributed by atoms with Crippen LogP contribution in [0.4, 0.5) is 23.2 Å². The van der Waals surface area contributed by atoms with Crippen LogP contribution in [0.1, 0.15) is 42.7 Å². The first-order chi connectivity index (χ1) is 14.9. The van der Waals surface area contributed by atoms with Crippen LogP contribution in [0.2, 0.25) is 0 Å². The van der Waals surface area contributed by atoms with Gasteiger partial charge in [0.05, 0.1) is 7.11 Å². The van der Waals surface area contributed by atoms with Gasteiger partial charge >= 0.3 is 6.18 Å². The zero-order valence-corrected chi connectivity index (χ0v) is 17.8. The lowest BCUT2D eigenvalue weighted by Crippen LogP contribution is -2.47. The molecule has 2 aromatic rings. The standard InChI is InChI=1S/C22H22F4N2O4/c1-11-18(15-6-5-13(23)9-17(15)31-4)19(32-21(11,3)22(24,25)26)20(30)28-14-7-8-27-16(10-14)12(2)29/h5-11,18-19H,1-4H3,(H,27,28,30)/t11-,18+,19+,21-/m0/s1. The largest absolute Gasteiger partial charge is 0.496 e. The van der Waals surface area contributed by atoms with Gasteiger partial charge in [-0.3, -0.25) is 14.6 Å². The molecule has 1 aliphatic heterocycles. The zero-order valence-electron chi connectivity index (χ0n) is 17.8. The van der Waals surface area contributed by atoms with Crippen molar-refractivity contribution in [1.82, 2.24) is 4.98 Å². The summed E-state index contributed by atoms with van der Waals surface area (Å²) in [6.07, 6.45) is -5.04. The van der Waals surface area contributed by atoms with E-state index in [1.165, 1.54) is 45.4 Å². The number of Topliss-reactive ketones (excluding diaryl/α,β-unsaturated/α-hetero) is 1. The van der Waals surface area contributed by atoms with Crippen molar-refractivity contribution < 1.29 is 36.6 Å². The van der Waals surface area contributed by atoms with Crippen molar-refractivity contribution >= 4 is 17.4 Å². The van der Waals surface area contributed by atoms with Crippen LogP contribution in [0.25, 0.3) is 0 Å². The number of ether oxygens (including phenoxy) is 2. The van der Waals surface area contributed by atoms with Gasteiger partial charge in [0.15, 0.2) is 11.4 Å². The van der Waals surface area contributed by atoms with Crippen LogP contribution in [-0.2, 0) is 9.53 Å². The third kappa shape index (κ3) is 4.19. The molecule has 0 bridgehead atoms. The lowest BCUT2D eigenvalue weighted by atomic mass is 9.77. The maximum Gasteiger partial charge on any atom is 0.417 e. The number of rotatable bonds is 5. The average molecular weight is 454 g/mol. The number of amides is 1. The average Bonchev–Trinajstić information content (AvgIpc) is 3.00. The highest BCUT2D eigenvalue weighted by Gasteiger charge is 2.65. The van der Waals surface area contributed by atoms with Crippen LogP contribution < -0.4 is 10.1 Å². The quantitative estimate of drug-likeness (QED) is 0.531. The summed E-state index contributed by atoms with van der Waals surface area (Å²) in [6, 6.07) is 6.14. The highest BCUT2D eigenvalue weighted by molar-refractivity contribution is 5.97. The van der Waals surface area contributed by atoms with E-state index < -0.39 is 41.4 Å². The molecule has 2 heterocycles. The van der Waals surface area contributed by atoms with Gasteiger partial charge in [-0.05, 0) is 25.1 Å². The summed E-state index contributed by atoms with van der Waals surface area (Å²) >= 11 is 0. The van der Waals surface area contributed by atoms with Crippen molar-refractivity contribution in [2.24, 2.45) is 5.92 Å². The predicted octanol–water partition coefficient (Wildman–Crippen LogP) is 4.51. The molecule has 0 radical (unpaired) electrons. The maximum atomic E-state index is 13.9. The first-order valence-corrected chi connectivity index (χ1v) is 9.75. The van der Waals surface area contributed by atoms with Crippen LogP contribution in [0.3, 0.4) is 0 Å². The number of aromatic nitrogens is 1. The van der Waals surface area contributed by atoms with Crippen LogP contribution >= 0.6 is 0 Å². The Hall–Kier alpha value is -3.01. The molecule has 10 heteroatoms. The topological polar surface area (TPSA) is 77.5 Å². The van der Waals surface area contributed by atoms with Crippen molar-refractivity contribution in [2.75, 3.05) is 12.4 Å². The van der Waals surface area contributed by atoms with Crippen molar-refractivity contribution in [1.29, 1.82) is 0 Å². The Morgan fingerprint density at radius 3 is 2.50 bits per heavy atom. The molecule has 1 aromatic heterocycles. The molecule has 0 aliphatic carbocycles. The van der Waals surface area contributed by atoms with Gasteiger partial charge in [-0.2, -0.15) is 13.2 Å². The number of nitrogens with one attached hydrogen (secondary N) is 1. The molecule has 1 amide bonds. The third-order valence-electron chi connectivity index (χ3n) is 5.87. The summed E-state index contributed by atoms with van der Waals surface area (Å²) in [5.74, 6) is -4.11. The highest BCUT2D eigenvalue weighted by atomic mass is 19.4. The van der Waals surface area contributed by atoms with Crippen LogP contribution in [0.15, 0.2) is 36.5 Å². The Bertz CT molecular complexity index is 1040. The molecule has 4 atom stereocenters. The molecule has 32 heavy (non-hydrogen) atoms. The molecule has 1 N–H and O–H groups in total. The second-order valence-electron chi connectivity index (χ2n) is 7.82. The lowest BCUT2D eigenvalue weighted by Gasteiger charge is -2.32. The van der Waals surface area contributed by atoms with E-state index in [1.807, 2.05) is 0 Å². The SMILES string of the molecule is COc1cc(F)ccc1[C@@H]1[C@H](C(=O)Nc2ccnc(C(C)=O)c2)O[C@](C)(C(F)(F)F)[C@H]1C. The van der Waals surface area contributed by atoms with Crippen molar-refractivity contribution in [3.8, 4) is 5.75 Å². The normalized spacial score (nSPS) is 25.4. The Kier molecular flexibility index (Phi) is 6.28. The lowest BCUT2D eigenvalue weighted by molar-refractivity contribution is -0.272. The van der Waals surface area contributed by atoms with E-state index in [9.17, 15) is 27.2 Å². The molecule has 6 nitrogen and oxygen atoms in total. The highest BCUT2D eigenvalue weighted by Crippen LogP contribution is 2.54. The second kappa shape index (κ2) is 8.50. The predicted molar refractivity (Wildman–Crippen MR) is 107 cm³/mol. The van der Waals surface area contributed by atoms with Gasteiger partial charge in [-0.15, -0.1) is 0 Å². The van der Waals surface area contributed by atoms with Gasteiger partial charge < -0.3 is 14.8 Å². The van der Waals surface area contributed by atoms with E-state index in [-0.39, 0.29) is 28.5 Å². The molecular formula is C22H22F4N2O4. The molecule has 0 saturated carbocycles. The number of methoxy groups -OCH3 is 1. The molecule has 1 fully saturated rings. The number of nitrogens with zero attached hydrogens (tertiary/aromatic N) is 1. The number of alkyl halides is 3. The van der Waals surface area contributed by atoms with Gasteiger partial charge in [0, 0.05) is 42.3 Å². The molecular weight excluding hydrogens is 432 g/mol. The van der Waals surface area contributed by atoms with Crippen molar-refractivity contribution in [3.63, 3.8) is 0 Å². The monoisotopic (exact) mass is 454 g/mol. The van der Waals surface area contributed by atoms with Gasteiger partial charge in [-0.1, -0.05) is 13.0 Å². The maximum absolute atomic E-state index is 13.9. The summed E-state index contributed by atoms with van der Waals surface area (Å²) in [6.45, 7) is 3.50. The Balaban J connectivity index is 2.04. The Morgan fingerprint density at radius 2 is 1.91 bits per heavy atom. The molecule has 1 aliphatic rings. The Morgan fingerprint density at radius 1 is 1.22 bits per heavy atom. The minimum Gasteiger partial charge on any atom is -0.496 e. The second-order valence-corrected chi connectivity index (χ2v) is 7.82. The minimum atomic E-state index is -4.77. The Labute approximate surface area is 181 Å². The van der Waals surface area contributed by atoms with Gasteiger partial charge in [0.25, 0.3) is 5.91 Å². The summed E-state index contributed by atoms with van der Waals surface area (Å²) in [5.41, 5.74) is -2.16. The zero-order chi connectivity index (χ0) is 23.8. The van der Waals surface area contributed by atoms with E-state index in [1.54, 1.807) is 0 Å². The van der Waals surface area contributed by atoms with E-state index in [2.05, 4.69) is 10.3 Å². The van der Waals surface area contributed by atoms with Gasteiger partial charge in [-0.25, -0.2) is 4.39 Å². The first-order valence-electron chi connectivity index (χ1n) is 9.75. The summed E-state index contributed by atoms with van der Waals surface area (Å²) < 4.78 is 66.1. The fourth-order valence-electron chi connectivity index (χ4n) is 3.90. The number of carbonyl (C=O) groups excluding carboxylic acids is 2. The number of anilines is 1. The molecule has 0 spiro atoms. The number of hydrogen-bond donors (Lipinski definition) is 1. The fourth-order valence-corrected chi connectivity index (χ4v) is 3.90. The number of hydrogen-bond acceptors (Lipinski definition) is 5. The van der Waals surface area contributed by atoms with E-state index in [0.29, 0.717) is 0 Å². The van der Waals surface area contributed by atoms with Crippen LogP contribution in [0, 0.1) is 11.7 Å². The van der Waals surface area contributed by atoms with Gasteiger partial charge in [0.2, 0.25) is 0 Å². The van der Waals surface area contributed by atoms with Crippen molar-refractivity contribution in [3.05, 3.63) is 53.6 Å². The van der Waals surface area contributed by atoms with Crippen molar-refractivity contribution in [2.45, 2.75) is 44.6 Å². The van der Waals surface area contributed by atoms with Crippen LogP contribution in [0.5, 0.6) is 5.75 Å². The van der Waals surface area contributed by atoms with Gasteiger partial charge in [0.1, 0.15) is 23.4 Å². The number of halogens is 4. The fraction of sp³-hybridized carbons (Fsp3) is 0.409. The molecule has 3 rings (SSSR count). The third-order valence-corrected chi connectivity index (χ3v) is 5.87. The number of benzene rings is 1. The molecule has 1 aromatic carbocycles. The first kappa shape index (κ1) is 23.6. The van der Waals surface area contributed by atoms with E-state index >= 15 is 0 Å². The smallest absolute Gasteiger partial charge is 0.417 e. The number of ketones is 1. The molecule has 172 valence electrons. The van der Waals surface area contributed by atoms with Crippen LogP contribution in [-0.4, -0.2) is 41.7 Å². The molecule has 0 unspecified atom stereocenters. The van der Waals surface area contributed by atoms with E-state index in [0.717, 1.165) is 19.1 Å². The minimum absolute atomic E-state index is 0.0115. The number of carbonyl (C=O) groups is 2. The number of pyridine rings is 1. The summed E-state index contributed by atoms with van der Waals surface area (Å²) in [5, 5.41) is 2.50. The summed E-state index contributed by atoms with van der Waals surface area (Å²) in [4.78, 5) is 28.5. The summed E-state index contributed by atoms with van der Waals surface area (Å²) in [7, 11) is 1.26. The van der Waals surface area contributed by atoms with E-state index in [4.69, 9.17) is 9.47 Å².